The van der Waals surface area contributed by atoms with E-state index in [2.05, 4.69) is 26.8 Å². The van der Waals surface area contributed by atoms with Gasteiger partial charge in [0.05, 0.1) is 6.61 Å². The highest BCUT2D eigenvalue weighted by molar-refractivity contribution is 5.29. The zero-order valence-corrected chi connectivity index (χ0v) is 11.3. The van der Waals surface area contributed by atoms with Crippen LogP contribution in [0, 0.1) is 6.92 Å². The van der Waals surface area contributed by atoms with Gasteiger partial charge in [0, 0.05) is 0 Å². The van der Waals surface area contributed by atoms with Gasteiger partial charge < -0.3 is 14.6 Å². The molecule has 1 aromatic carbocycles. The average molecular weight is 250 g/mol. The van der Waals surface area contributed by atoms with Crippen molar-refractivity contribution < 1.29 is 14.6 Å². The van der Waals surface area contributed by atoms with Gasteiger partial charge >= 0.3 is 0 Å². The molecule has 0 spiro atoms. The first-order valence-electron chi connectivity index (χ1n) is 6.67. The van der Waals surface area contributed by atoms with Gasteiger partial charge in [0.1, 0.15) is 12.2 Å². The van der Waals surface area contributed by atoms with Crippen LogP contribution in [0.5, 0.6) is 0 Å². The fraction of sp³-hybridized carbons (Fsp3) is 0.600. The van der Waals surface area contributed by atoms with E-state index in [0.717, 1.165) is 18.4 Å². The number of hydrogen-bond acceptors (Lipinski definition) is 3. The van der Waals surface area contributed by atoms with Crippen LogP contribution in [0.25, 0.3) is 0 Å². The molecule has 1 aromatic rings. The summed E-state index contributed by atoms with van der Waals surface area (Å²) in [6, 6.07) is 8.12. The van der Waals surface area contributed by atoms with Gasteiger partial charge in [-0.15, -0.1) is 0 Å². The summed E-state index contributed by atoms with van der Waals surface area (Å²) >= 11 is 0. The van der Waals surface area contributed by atoms with Crippen LogP contribution >= 0.6 is 0 Å². The molecule has 0 amide bonds. The molecule has 2 atom stereocenters. The quantitative estimate of drug-likeness (QED) is 0.893. The summed E-state index contributed by atoms with van der Waals surface area (Å²) in [4.78, 5) is 0. The third kappa shape index (κ3) is 2.30. The summed E-state index contributed by atoms with van der Waals surface area (Å²) < 4.78 is 12.1. The Labute approximate surface area is 109 Å². The molecule has 3 nitrogen and oxygen atoms in total. The van der Waals surface area contributed by atoms with Crippen molar-refractivity contribution in [3.63, 3.8) is 0 Å². The third-order valence-corrected chi connectivity index (χ3v) is 3.80. The summed E-state index contributed by atoms with van der Waals surface area (Å²) in [5.41, 5.74) is 2.29. The minimum Gasteiger partial charge on any atom is -0.394 e. The molecule has 0 aromatic heterocycles. The minimum atomic E-state index is -0.541. The molecular weight excluding hydrogens is 228 g/mol. The van der Waals surface area contributed by atoms with Crippen molar-refractivity contribution in [3.05, 3.63) is 35.4 Å². The smallest absolute Gasteiger partial charge is 0.169 e. The SMILES string of the molecule is CCC1(CC)O[C@@H](CO)[C@H](c2ccccc2C)O1. The molecule has 1 fully saturated rings. The van der Waals surface area contributed by atoms with E-state index in [0.29, 0.717) is 0 Å². The van der Waals surface area contributed by atoms with E-state index in [-0.39, 0.29) is 18.8 Å². The fourth-order valence-electron chi connectivity index (χ4n) is 2.56. The van der Waals surface area contributed by atoms with Crippen LogP contribution in [0.3, 0.4) is 0 Å². The molecule has 0 aliphatic carbocycles. The lowest BCUT2D eigenvalue weighted by Crippen LogP contribution is -2.29. The van der Waals surface area contributed by atoms with E-state index in [1.54, 1.807) is 0 Å². The van der Waals surface area contributed by atoms with Crippen molar-refractivity contribution in [2.45, 2.75) is 51.6 Å². The van der Waals surface area contributed by atoms with E-state index in [9.17, 15) is 5.11 Å². The van der Waals surface area contributed by atoms with E-state index in [1.165, 1.54) is 5.56 Å². The molecule has 0 saturated carbocycles. The molecule has 100 valence electrons. The Hall–Kier alpha value is -0.900. The Morgan fingerprint density at radius 1 is 1.17 bits per heavy atom. The van der Waals surface area contributed by atoms with Gasteiger partial charge in [-0.3, -0.25) is 0 Å². The molecule has 1 aliphatic heterocycles. The van der Waals surface area contributed by atoms with Gasteiger partial charge in [-0.2, -0.15) is 0 Å². The van der Waals surface area contributed by atoms with E-state index >= 15 is 0 Å². The number of aryl methyl sites for hydroxylation is 1. The molecule has 1 heterocycles. The topological polar surface area (TPSA) is 38.7 Å². The number of ether oxygens (including phenoxy) is 2. The Morgan fingerprint density at radius 3 is 2.39 bits per heavy atom. The normalized spacial score (nSPS) is 26.4. The lowest BCUT2D eigenvalue weighted by molar-refractivity contribution is -0.181. The lowest BCUT2D eigenvalue weighted by Gasteiger charge is -2.25. The van der Waals surface area contributed by atoms with Gasteiger partial charge in [-0.05, 0) is 30.9 Å². The van der Waals surface area contributed by atoms with Crippen LogP contribution in [0.15, 0.2) is 24.3 Å². The predicted molar refractivity (Wildman–Crippen MR) is 70.3 cm³/mol. The van der Waals surface area contributed by atoms with Crippen molar-refractivity contribution in [3.8, 4) is 0 Å². The van der Waals surface area contributed by atoms with Gasteiger partial charge in [-0.1, -0.05) is 38.1 Å². The summed E-state index contributed by atoms with van der Waals surface area (Å²) in [5.74, 6) is -0.541. The van der Waals surface area contributed by atoms with Crippen LogP contribution in [-0.2, 0) is 9.47 Å². The summed E-state index contributed by atoms with van der Waals surface area (Å²) in [6.07, 6.45) is 1.15. The molecule has 1 aliphatic rings. The molecule has 0 radical (unpaired) electrons. The second-order valence-electron chi connectivity index (χ2n) is 4.85. The number of hydrogen-bond donors (Lipinski definition) is 1. The van der Waals surface area contributed by atoms with E-state index < -0.39 is 5.79 Å². The first-order valence-corrected chi connectivity index (χ1v) is 6.67. The van der Waals surface area contributed by atoms with Crippen molar-refractivity contribution in [1.82, 2.24) is 0 Å². The Bertz CT molecular complexity index is 398. The molecule has 1 saturated heterocycles. The van der Waals surface area contributed by atoms with Crippen LogP contribution < -0.4 is 0 Å². The maximum absolute atomic E-state index is 9.51. The third-order valence-electron chi connectivity index (χ3n) is 3.80. The summed E-state index contributed by atoms with van der Waals surface area (Å²) in [7, 11) is 0. The molecular formula is C15H22O3. The molecule has 18 heavy (non-hydrogen) atoms. The molecule has 2 rings (SSSR count). The second kappa shape index (κ2) is 5.39. The summed E-state index contributed by atoms with van der Waals surface area (Å²) in [5, 5.41) is 9.51. The number of benzene rings is 1. The first-order chi connectivity index (χ1) is 8.65. The van der Waals surface area contributed by atoms with Crippen LogP contribution in [0.1, 0.15) is 43.9 Å². The highest BCUT2D eigenvalue weighted by atomic mass is 16.8. The van der Waals surface area contributed by atoms with Crippen molar-refractivity contribution in [2.24, 2.45) is 0 Å². The highest BCUT2D eigenvalue weighted by Gasteiger charge is 2.45. The molecule has 1 N–H and O–H groups in total. The molecule has 0 bridgehead atoms. The molecule has 3 heteroatoms. The average Bonchev–Trinajstić information content (AvgIpc) is 2.79. The zero-order chi connectivity index (χ0) is 13.2. The van der Waals surface area contributed by atoms with Crippen molar-refractivity contribution in [2.75, 3.05) is 6.61 Å². The van der Waals surface area contributed by atoms with Gasteiger partial charge in [0.25, 0.3) is 0 Å². The second-order valence-corrected chi connectivity index (χ2v) is 4.85. The Morgan fingerprint density at radius 2 is 1.83 bits per heavy atom. The van der Waals surface area contributed by atoms with Gasteiger partial charge in [0.2, 0.25) is 0 Å². The minimum absolute atomic E-state index is 0.0131. The number of aliphatic hydroxyl groups excluding tert-OH is 1. The van der Waals surface area contributed by atoms with Crippen molar-refractivity contribution in [1.29, 1.82) is 0 Å². The highest BCUT2D eigenvalue weighted by Crippen LogP contribution is 2.42. The number of rotatable bonds is 4. The van der Waals surface area contributed by atoms with Gasteiger partial charge in [-0.25, -0.2) is 0 Å². The molecule has 0 unspecified atom stereocenters. The fourth-order valence-corrected chi connectivity index (χ4v) is 2.56. The van der Waals surface area contributed by atoms with E-state index in [4.69, 9.17) is 9.47 Å². The largest absolute Gasteiger partial charge is 0.394 e. The summed E-state index contributed by atoms with van der Waals surface area (Å²) in [6.45, 7) is 6.15. The number of aliphatic hydroxyl groups is 1. The maximum atomic E-state index is 9.51. The Balaban J connectivity index is 2.30. The maximum Gasteiger partial charge on any atom is 0.169 e. The van der Waals surface area contributed by atoms with Crippen molar-refractivity contribution >= 4 is 0 Å². The van der Waals surface area contributed by atoms with E-state index in [1.807, 2.05) is 18.2 Å². The Kier molecular flexibility index (Phi) is 4.05. The first kappa shape index (κ1) is 13.5. The monoisotopic (exact) mass is 250 g/mol. The zero-order valence-electron chi connectivity index (χ0n) is 11.3. The standard InChI is InChI=1S/C15H22O3/c1-4-15(5-2)17-13(10-16)14(18-15)12-9-7-6-8-11(12)3/h6-9,13-14,16H,4-5,10H2,1-3H3/t13-,14-/m0/s1. The van der Waals surface area contributed by atoms with Crippen LogP contribution in [0.4, 0.5) is 0 Å². The van der Waals surface area contributed by atoms with Crippen LogP contribution in [0.2, 0.25) is 0 Å². The van der Waals surface area contributed by atoms with Crippen LogP contribution in [-0.4, -0.2) is 23.6 Å². The predicted octanol–water partition coefficient (Wildman–Crippen LogP) is 2.96. The lowest BCUT2D eigenvalue weighted by atomic mass is 10.00. The van der Waals surface area contributed by atoms with Gasteiger partial charge in [0.15, 0.2) is 5.79 Å².